The molecule has 0 unspecified atom stereocenters. The molecule has 0 aliphatic carbocycles. The van der Waals surface area contributed by atoms with E-state index in [1.54, 1.807) is 0 Å². The Morgan fingerprint density at radius 1 is 1.06 bits per heavy atom. The van der Waals surface area contributed by atoms with Gasteiger partial charge >= 0.3 is 0 Å². The van der Waals surface area contributed by atoms with Crippen molar-refractivity contribution < 1.29 is 22.9 Å². The van der Waals surface area contributed by atoms with Crippen LogP contribution >= 0.6 is 0 Å². The molecule has 9 nitrogen and oxygen atoms in total. The van der Waals surface area contributed by atoms with Crippen LogP contribution in [0.2, 0.25) is 0 Å². The number of aryl methyl sites for hydroxylation is 1. The molecule has 0 N–H and O–H groups in total. The van der Waals surface area contributed by atoms with Crippen molar-refractivity contribution in [1.29, 1.82) is 0 Å². The van der Waals surface area contributed by atoms with Crippen LogP contribution in [0.4, 0.5) is 14.5 Å². The van der Waals surface area contributed by atoms with Gasteiger partial charge in [0.1, 0.15) is 6.54 Å². The van der Waals surface area contributed by atoms with Crippen molar-refractivity contribution in [3.8, 4) is 11.4 Å². The fourth-order valence-electron chi connectivity index (χ4n) is 3.59. The van der Waals surface area contributed by atoms with Gasteiger partial charge in [0.05, 0.1) is 5.69 Å². The summed E-state index contributed by atoms with van der Waals surface area (Å²) in [6.07, 6.45) is 0. The lowest BCUT2D eigenvalue weighted by Gasteiger charge is -2.19. The number of nitrogens with zero attached hydrogens (tertiary/aromatic N) is 6. The van der Waals surface area contributed by atoms with E-state index in [9.17, 15) is 18.4 Å². The van der Waals surface area contributed by atoms with Crippen molar-refractivity contribution in [2.24, 2.45) is 10.3 Å². The Hall–Kier alpha value is -4.02. The van der Waals surface area contributed by atoms with Gasteiger partial charge in [0.25, 0.3) is 11.8 Å². The second-order valence-electron chi connectivity index (χ2n) is 7.18. The number of aromatic nitrogens is 2. The number of fused-ring (bicyclic) bond motifs is 1. The zero-order chi connectivity index (χ0) is 21.7. The summed E-state index contributed by atoms with van der Waals surface area (Å²) in [4.78, 5) is 30.7. The number of imide groups is 1. The molecule has 31 heavy (non-hydrogen) atoms. The predicted octanol–water partition coefficient (Wildman–Crippen LogP) is 2.82. The number of amides is 2. The van der Waals surface area contributed by atoms with Crippen molar-refractivity contribution in [3.05, 3.63) is 65.6 Å². The first-order valence-corrected chi connectivity index (χ1v) is 9.32. The molecule has 0 saturated carbocycles. The standard InChI is InChI=1S/C20H14F2N6O3/c1-10-3-2-4-11(7-10)18-23-15(31-25-18)9-27-17-16(24-26-27)19(29)28(20(17)30)12-5-6-13(21)14(22)8-12/h2-8,16-17H,9H2,1H3/t16-,17+/m0/s1. The summed E-state index contributed by atoms with van der Waals surface area (Å²) >= 11 is 0. The fraction of sp³-hybridized carbons (Fsp3) is 0.200. The van der Waals surface area contributed by atoms with Gasteiger partial charge in [-0.3, -0.25) is 14.6 Å². The quantitative estimate of drug-likeness (QED) is 0.597. The van der Waals surface area contributed by atoms with Crippen molar-refractivity contribution in [3.63, 3.8) is 0 Å². The second-order valence-corrected chi connectivity index (χ2v) is 7.18. The highest BCUT2D eigenvalue weighted by molar-refractivity contribution is 6.25. The van der Waals surface area contributed by atoms with E-state index in [2.05, 4.69) is 20.5 Å². The normalized spacial score (nSPS) is 20.1. The number of anilines is 1. The van der Waals surface area contributed by atoms with Crippen LogP contribution in [-0.2, 0) is 16.1 Å². The zero-order valence-corrected chi connectivity index (χ0v) is 16.1. The third-order valence-electron chi connectivity index (χ3n) is 5.06. The summed E-state index contributed by atoms with van der Waals surface area (Å²) in [7, 11) is 0. The van der Waals surface area contributed by atoms with Gasteiger partial charge in [-0.15, -0.1) is 0 Å². The molecule has 3 aromatic rings. The third kappa shape index (κ3) is 3.14. The highest BCUT2D eigenvalue weighted by Crippen LogP contribution is 2.33. The number of halogens is 2. The Labute approximate surface area is 173 Å². The van der Waals surface area contributed by atoms with Gasteiger partial charge in [0, 0.05) is 11.6 Å². The average Bonchev–Trinajstić information content (AvgIpc) is 3.43. The highest BCUT2D eigenvalue weighted by Gasteiger charge is 2.55. The molecule has 2 aliphatic rings. The number of hydrogen-bond acceptors (Lipinski definition) is 8. The zero-order valence-electron chi connectivity index (χ0n) is 16.1. The lowest BCUT2D eigenvalue weighted by molar-refractivity contribution is -0.123. The number of carbonyl (C=O) groups is 2. The van der Waals surface area contributed by atoms with Gasteiger partial charge in [0.2, 0.25) is 11.7 Å². The van der Waals surface area contributed by atoms with E-state index in [1.165, 1.54) is 5.01 Å². The molecule has 3 heterocycles. The first-order valence-electron chi connectivity index (χ1n) is 9.32. The minimum absolute atomic E-state index is 0.0475. The van der Waals surface area contributed by atoms with Crippen LogP contribution in [0, 0.1) is 18.6 Å². The number of hydrogen-bond donors (Lipinski definition) is 0. The van der Waals surface area contributed by atoms with Crippen molar-refractivity contribution in [1.82, 2.24) is 15.1 Å². The SMILES string of the molecule is Cc1cccc(-c2noc(CN3N=N[C@@H]4C(=O)N(c5ccc(F)c(F)c5)C(=O)[C@@H]43)n2)c1. The molecular formula is C20H14F2N6O3. The van der Waals surface area contributed by atoms with Gasteiger partial charge in [-0.25, -0.2) is 13.7 Å². The molecular weight excluding hydrogens is 410 g/mol. The van der Waals surface area contributed by atoms with Gasteiger partial charge in [0.15, 0.2) is 23.7 Å². The smallest absolute Gasteiger partial charge is 0.263 e. The summed E-state index contributed by atoms with van der Waals surface area (Å²) < 4.78 is 32.1. The molecule has 2 aliphatic heterocycles. The van der Waals surface area contributed by atoms with Crippen LogP contribution in [0.25, 0.3) is 11.4 Å². The Kier molecular flexibility index (Phi) is 4.31. The summed E-state index contributed by atoms with van der Waals surface area (Å²) in [6, 6.07) is 8.24. The average molecular weight is 424 g/mol. The number of rotatable bonds is 4. The minimum atomic E-state index is -1.16. The molecule has 1 fully saturated rings. The molecule has 0 bridgehead atoms. The largest absolute Gasteiger partial charge is 0.337 e. The van der Waals surface area contributed by atoms with Crippen LogP contribution in [-0.4, -0.2) is 39.0 Å². The highest BCUT2D eigenvalue weighted by atomic mass is 19.2. The van der Waals surface area contributed by atoms with E-state index in [0.29, 0.717) is 5.82 Å². The van der Waals surface area contributed by atoms with Crippen LogP contribution < -0.4 is 4.90 Å². The molecule has 0 radical (unpaired) electrons. The molecule has 11 heteroatoms. The molecule has 5 rings (SSSR count). The third-order valence-corrected chi connectivity index (χ3v) is 5.06. The summed E-state index contributed by atoms with van der Waals surface area (Å²) in [5.41, 5.74) is 1.73. The topological polar surface area (TPSA) is 104 Å². The lowest BCUT2D eigenvalue weighted by atomic mass is 10.1. The Balaban J connectivity index is 1.37. The molecule has 1 saturated heterocycles. The maximum absolute atomic E-state index is 13.6. The van der Waals surface area contributed by atoms with Crippen LogP contribution in [0.3, 0.4) is 0 Å². The van der Waals surface area contributed by atoms with E-state index in [4.69, 9.17) is 4.52 Å². The second kappa shape index (κ2) is 7.04. The maximum Gasteiger partial charge on any atom is 0.263 e. The predicted molar refractivity (Wildman–Crippen MR) is 101 cm³/mol. The fourth-order valence-corrected chi connectivity index (χ4v) is 3.59. The van der Waals surface area contributed by atoms with E-state index in [-0.39, 0.29) is 18.1 Å². The molecule has 2 amide bonds. The van der Waals surface area contributed by atoms with Gasteiger partial charge in [-0.2, -0.15) is 10.1 Å². The number of benzene rings is 2. The van der Waals surface area contributed by atoms with Crippen molar-refractivity contribution in [2.45, 2.75) is 25.6 Å². The summed E-state index contributed by atoms with van der Waals surface area (Å²) in [5.74, 6) is -3.00. The van der Waals surface area contributed by atoms with E-state index in [0.717, 1.165) is 34.2 Å². The van der Waals surface area contributed by atoms with Gasteiger partial charge in [-0.1, -0.05) is 34.1 Å². The molecule has 1 aromatic heterocycles. The monoisotopic (exact) mass is 424 g/mol. The first kappa shape index (κ1) is 19.0. The van der Waals surface area contributed by atoms with Crippen LogP contribution in [0.1, 0.15) is 11.5 Å². The van der Waals surface area contributed by atoms with Gasteiger partial charge in [-0.05, 0) is 25.1 Å². The Morgan fingerprint density at radius 2 is 1.90 bits per heavy atom. The van der Waals surface area contributed by atoms with Gasteiger partial charge < -0.3 is 4.52 Å². The Bertz CT molecular complexity index is 1240. The van der Waals surface area contributed by atoms with E-state index < -0.39 is 35.5 Å². The molecule has 156 valence electrons. The van der Waals surface area contributed by atoms with Crippen LogP contribution in [0.5, 0.6) is 0 Å². The minimum Gasteiger partial charge on any atom is -0.337 e. The van der Waals surface area contributed by atoms with Crippen LogP contribution in [0.15, 0.2) is 57.3 Å². The van der Waals surface area contributed by atoms with E-state index >= 15 is 0 Å². The first-order chi connectivity index (χ1) is 14.9. The summed E-state index contributed by atoms with van der Waals surface area (Å²) in [6.45, 7) is 1.89. The molecule has 2 atom stereocenters. The van der Waals surface area contributed by atoms with Crippen molar-refractivity contribution >= 4 is 17.5 Å². The van der Waals surface area contributed by atoms with Crippen molar-refractivity contribution in [2.75, 3.05) is 4.90 Å². The number of carbonyl (C=O) groups excluding carboxylic acids is 2. The molecule has 2 aromatic carbocycles. The Morgan fingerprint density at radius 3 is 2.68 bits per heavy atom. The molecule has 0 spiro atoms. The lowest BCUT2D eigenvalue weighted by Crippen LogP contribution is -2.39. The van der Waals surface area contributed by atoms with E-state index in [1.807, 2.05) is 31.2 Å². The maximum atomic E-state index is 13.6. The summed E-state index contributed by atoms with van der Waals surface area (Å²) in [5, 5.41) is 13.0.